The SMILES string of the molecule is CNC(Cn1cccn1)(C(=O)O)c1ccccc1. The maximum absolute atomic E-state index is 11.7. The van der Waals surface area contributed by atoms with Gasteiger partial charge in [0.25, 0.3) is 0 Å². The van der Waals surface area contributed by atoms with Gasteiger partial charge in [-0.15, -0.1) is 0 Å². The first-order valence-electron chi connectivity index (χ1n) is 5.64. The maximum Gasteiger partial charge on any atom is 0.330 e. The number of nitrogens with one attached hydrogen (secondary N) is 1. The fourth-order valence-electron chi connectivity index (χ4n) is 1.97. The smallest absolute Gasteiger partial charge is 0.330 e. The van der Waals surface area contributed by atoms with Gasteiger partial charge in [-0.25, -0.2) is 4.79 Å². The number of nitrogens with zero attached hydrogens (tertiary/aromatic N) is 2. The minimum absolute atomic E-state index is 0.232. The van der Waals surface area contributed by atoms with E-state index in [-0.39, 0.29) is 6.54 Å². The minimum Gasteiger partial charge on any atom is -0.480 e. The molecule has 18 heavy (non-hydrogen) atoms. The number of rotatable bonds is 5. The topological polar surface area (TPSA) is 67.2 Å². The summed E-state index contributed by atoms with van der Waals surface area (Å²) < 4.78 is 1.61. The summed E-state index contributed by atoms with van der Waals surface area (Å²) in [5.74, 6) is -0.924. The van der Waals surface area contributed by atoms with Gasteiger partial charge in [0.15, 0.2) is 5.54 Å². The first-order chi connectivity index (χ1) is 8.69. The number of aromatic nitrogens is 2. The number of hydrogen-bond acceptors (Lipinski definition) is 3. The lowest BCUT2D eigenvalue weighted by Crippen LogP contribution is -2.50. The molecular weight excluding hydrogens is 230 g/mol. The molecule has 1 aromatic carbocycles. The van der Waals surface area contributed by atoms with Gasteiger partial charge in [-0.05, 0) is 18.7 Å². The summed E-state index contributed by atoms with van der Waals surface area (Å²) in [6.07, 6.45) is 3.38. The van der Waals surface area contributed by atoms with Crippen LogP contribution in [0.2, 0.25) is 0 Å². The predicted octanol–water partition coefficient (Wildman–Crippen LogP) is 1.08. The van der Waals surface area contributed by atoms with Crippen LogP contribution in [0, 0.1) is 0 Å². The van der Waals surface area contributed by atoms with E-state index in [1.165, 1.54) is 0 Å². The fraction of sp³-hybridized carbons (Fsp3) is 0.231. The van der Waals surface area contributed by atoms with Gasteiger partial charge in [0.1, 0.15) is 0 Å². The summed E-state index contributed by atoms with van der Waals surface area (Å²) in [4.78, 5) is 11.7. The molecule has 2 N–H and O–H groups in total. The summed E-state index contributed by atoms with van der Waals surface area (Å²) in [6, 6.07) is 10.9. The Bertz CT molecular complexity index is 510. The van der Waals surface area contributed by atoms with Gasteiger partial charge in [0, 0.05) is 12.4 Å². The molecule has 0 aliphatic carbocycles. The van der Waals surface area contributed by atoms with Gasteiger partial charge in [-0.2, -0.15) is 5.10 Å². The van der Waals surface area contributed by atoms with Gasteiger partial charge >= 0.3 is 5.97 Å². The average molecular weight is 245 g/mol. The van der Waals surface area contributed by atoms with Gasteiger partial charge < -0.3 is 5.11 Å². The Morgan fingerprint density at radius 3 is 2.61 bits per heavy atom. The zero-order valence-electron chi connectivity index (χ0n) is 10.1. The third-order valence-electron chi connectivity index (χ3n) is 3.02. The van der Waals surface area contributed by atoms with Gasteiger partial charge in [0.05, 0.1) is 6.54 Å². The van der Waals surface area contributed by atoms with Crippen molar-refractivity contribution < 1.29 is 9.90 Å². The van der Waals surface area contributed by atoms with Gasteiger partial charge in [-0.3, -0.25) is 10.00 Å². The Morgan fingerprint density at radius 1 is 1.39 bits per heavy atom. The van der Waals surface area contributed by atoms with Crippen LogP contribution in [0.3, 0.4) is 0 Å². The summed E-state index contributed by atoms with van der Waals surface area (Å²) in [5, 5.41) is 16.6. The van der Waals surface area contributed by atoms with Crippen LogP contribution in [0.1, 0.15) is 5.56 Å². The first kappa shape index (κ1) is 12.3. The van der Waals surface area contributed by atoms with E-state index in [2.05, 4.69) is 10.4 Å². The van der Waals surface area contributed by atoms with Crippen molar-refractivity contribution in [3.05, 3.63) is 54.4 Å². The number of benzene rings is 1. The van der Waals surface area contributed by atoms with E-state index in [4.69, 9.17) is 0 Å². The Kier molecular flexibility index (Phi) is 3.43. The first-order valence-corrected chi connectivity index (χ1v) is 5.64. The molecule has 2 rings (SSSR count). The lowest BCUT2D eigenvalue weighted by atomic mass is 9.90. The quantitative estimate of drug-likeness (QED) is 0.827. The standard InChI is InChI=1S/C13H15N3O2/c1-14-13(12(17)18,10-16-9-5-8-15-16)11-6-3-2-4-7-11/h2-9,14H,10H2,1H3,(H,17,18). The van der Waals surface area contributed by atoms with Crippen LogP contribution in [0.5, 0.6) is 0 Å². The highest BCUT2D eigenvalue weighted by Gasteiger charge is 2.39. The molecule has 0 saturated heterocycles. The molecule has 1 atom stereocenters. The minimum atomic E-state index is -1.17. The Balaban J connectivity index is 2.43. The molecule has 0 saturated carbocycles. The lowest BCUT2D eigenvalue weighted by molar-refractivity contribution is -0.146. The summed E-state index contributed by atoms with van der Waals surface area (Å²) in [7, 11) is 1.64. The van der Waals surface area contributed by atoms with E-state index in [9.17, 15) is 9.90 Å². The zero-order valence-corrected chi connectivity index (χ0v) is 10.1. The molecule has 94 valence electrons. The van der Waals surface area contributed by atoms with Crippen LogP contribution in [-0.2, 0) is 16.9 Å². The Hall–Kier alpha value is -2.14. The van der Waals surface area contributed by atoms with Crippen molar-refractivity contribution in [2.24, 2.45) is 0 Å². The van der Waals surface area contributed by atoms with Crippen molar-refractivity contribution >= 4 is 5.97 Å². The van der Waals surface area contributed by atoms with Crippen molar-refractivity contribution in [1.29, 1.82) is 0 Å². The third-order valence-corrected chi connectivity index (χ3v) is 3.02. The van der Waals surface area contributed by atoms with Crippen LogP contribution < -0.4 is 5.32 Å². The number of likely N-dealkylation sites (N-methyl/N-ethyl adjacent to an activating group) is 1. The molecule has 0 aliphatic heterocycles. The molecular formula is C13H15N3O2. The van der Waals surface area contributed by atoms with E-state index >= 15 is 0 Å². The molecule has 5 heteroatoms. The largest absolute Gasteiger partial charge is 0.480 e. The second-order valence-corrected chi connectivity index (χ2v) is 4.03. The number of carboxylic acids is 1. The molecule has 0 aliphatic rings. The zero-order chi connectivity index (χ0) is 13.0. The maximum atomic E-state index is 11.7. The molecule has 1 aromatic heterocycles. The lowest BCUT2D eigenvalue weighted by Gasteiger charge is -2.29. The van der Waals surface area contributed by atoms with Crippen molar-refractivity contribution in [3.63, 3.8) is 0 Å². The van der Waals surface area contributed by atoms with E-state index < -0.39 is 11.5 Å². The van der Waals surface area contributed by atoms with Crippen LogP contribution in [0.25, 0.3) is 0 Å². The molecule has 0 radical (unpaired) electrons. The number of carboxylic acid groups (broad SMARTS) is 1. The third kappa shape index (κ3) is 2.12. The summed E-state index contributed by atoms with van der Waals surface area (Å²) >= 11 is 0. The fourth-order valence-corrected chi connectivity index (χ4v) is 1.97. The van der Waals surface area contributed by atoms with Crippen molar-refractivity contribution in [3.8, 4) is 0 Å². The van der Waals surface area contributed by atoms with Gasteiger partial charge in [0.2, 0.25) is 0 Å². The molecule has 2 aromatic rings. The van der Waals surface area contributed by atoms with Crippen LogP contribution in [-0.4, -0.2) is 27.9 Å². The Labute approximate surface area is 105 Å². The second kappa shape index (κ2) is 5.01. The van der Waals surface area contributed by atoms with E-state index in [1.807, 2.05) is 18.2 Å². The highest BCUT2D eigenvalue weighted by molar-refractivity contribution is 5.80. The molecule has 0 amide bonds. The number of aliphatic carboxylic acids is 1. The highest BCUT2D eigenvalue weighted by Crippen LogP contribution is 2.23. The molecule has 0 fully saturated rings. The predicted molar refractivity (Wildman–Crippen MR) is 67.0 cm³/mol. The van der Waals surface area contributed by atoms with E-state index in [0.717, 1.165) is 0 Å². The molecule has 1 unspecified atom stereocenters. The molecule has 5 nitrogen and oxygen atoms in total. The van der Waals surface area contributed by atoms with E-state index in [0.29, 0.717) is 5.56 Å². The van der Waals surface area contributed by atoms with Crippen LogP contribution in [0.15, 0.2) is 48.8 Å². The summed E-state index contributed by atoms with van der Waals surface area (Å²) in [6.45, 7) is 0.232. The highest BCUT2D eigenvalue weighted by atomic mass is 16.4. The number of carbonyl (C=O) groups is 1. The summed E-state index contributed by atoms with van der Waals surface area (Å²) in [5.41, 5.74) is -0.469. The molecule has 1 heterocycles. The average Bonchev–Trinajstić information content (AvgIpc) is 2.89. The van der Waals surface area contributed by atoms with Crippen LogP contribution in [0.4, 0.5) is 0 Å². The Morgan fingerprint density at radius 2 is 2.11 bits per heavy atom. The van der Waals surface area contributed by atoms with Crippen LogP contribution >= 0.6 is 0 Å². The number of hydrogen-bond donors (Lipinski definition) is 2. The van der Waals surface area contributed by atoms with Crippen molar-refractivity contribution in [2.75, 3.05) is 7.05 Å². The monoisotopic (exact) mass is 245 g/mol. The van der Waals surface area contributed by atoms with Crippen molar-refractivity contribution in [2.45, 2.75) is 12.1 Å². The normalized spacial score (nSPS) is 14.1. The molecule has 0 spiro atoms. The molecule has 0 bridgehead atoms. The van der Waals surface area contributed by atoms with Crippen molar-refractivity contribution in [1.82, 2.24) is 15.1 Å². The van der Waals surface area contributed by atoms with E-state index in [1.54, 1.807) is 42.3 Å². The van der Waals surface area contributed by atoms with Gasteiger partial charge in [-0.1, -0.05) is 30.3 Å². The second-order valence-electron chi connectivity index (χ2n) is 4.03.